The average molecular weight is 243 g/mol. The third-order valence-electron chi connectivity index (χ3n) is 3.68. The van der Waals surface area contributed by atoms with E-state index >= 15 is 0 Å². The summed E-state index contributed by atoms with van der Waals surface area (Å²) in [6.07, 6.45) is 2.29. The molecule has 0 aliphatic rings. The van der Waals surface area contributed by atoms with Gasteiger partial charge >= 0.3 is 0 Å². The zero-order valence-corrected chi connectivity index (χ0v) is 12.6. The lowest BCUT2D eigenvalue weighted by Crippen LogP contribution is -2.47. The molecular weight excluding hydrogens is 210 g/mol. The van der Waals surface area contributed by atoms with Crippen LogP contribution < -0.4 is 5.73 Å². The highest BCUT2D eigenvalue weighted by Crippen LogP contribution is 2.08. The van der Waals surface area contributed by atoms with Gasteiger partial charge in [-0.3, -0.25) is 0 Å². The van der Waals surface area contributed by atoms with Crippen LogP contribution in [0.4, 0.5) is 0 Å². The van der Waals surface area contributed by atoms with Crippen LogP contribution in [-0.2, 0) is 0 Å². The molecule has 104 valence electrons. The van der Waals surface area contributed by atoms with Crippen molar-refractivity contribution < 1.29 is 0 Å². The third-order valence-corrected chi connectivity index (χ3v) is 3.68. The Morgan fingerprint density at radius 1 is 0.882 bits per heavy atom. The van der Waals surface area contributed by atoms with Gasteiger partial charge in [-0.2, -0.15) is 0 Å². The predicted molar refractivity (Wildman–Crippen MR) is 77.4 cm³/mol. The van der Waals surface area contributed by atoms with Crippen molar-refractivity contribution in [2.24, 2.45) is 5.73 Å². The lowest BCUT2D eigenvalue weighted by Gasteiger charge is -2.31. The molecule has 0 aliphatic carbocycles. The van der Waals surface area contributed by atoms with Crippen LogP contribution in [0.15, 0.2) is 0 Å². The van der Waals surface area contributed by atoms with Gasteiger partial charge in [0, 0.05) is 12.1 Å². The van der Waals surface area contributed by atoms with Crippen LogP contribution in [0, 0.1) is 0 Å². The van der Waals surface area contributed by atoms with E-state index in [1.807, 2.05) is 0 Å². The lowest BCUT2D eigenvalue weighted by atomic mass is 10.00. The van der Waals surface area contributed by atoms with Crippen molar-refractivity contribution in [1.82, 2.24) is 9.80 Å². The van der Waals surface area contributed by atoms with Crippen molar-refractivity contribution in [3.05, 3.63) is 0 Å². The standard InChI is InChI=1S/C14H33N3/c1-6-14(5,15)13-17(9-4)12-10-11-16(7-2)8-3/h6-13,15H2,1-5H3. The van der Waals surface area contributed by atoms with Crippen molar-refractivity contribution in [1.29, 1.82) is 0 Å². The highest BCUT2D eigenvalue weighted by atomic mass is 15.2. The molecule has 2 N–H and O–H groups in total. The molecule has 0 amide bonds. The zero-order valence-electron chi connectivity index (χ0n) is 12.6. The maximum Gasteiger partial charge on any atom is 0.0252 e. The molecule has 1 unspecified atom stereocenters. The summed E-state index contributed by atoms with van der Waals surface area (Å²) in [5.41, 5.74) is 6.19. The van der Waals surface area contributed by atoms with Crippen LogP contribution >= 0.6 is 0 Å². The normalized spacial score (nSPS) is 15.5. The Morgan fingerprint density at radius 3 is 1.76 bits per heavy atom. The largest absolute Gasteiger partial charge is 0.324 e. The molecule has 3 heteroatoms. The fourth-order valence-corrected chi connectivity index (χ4v) is 2.03. The van der Waals surface area contributed by atoms with E-state index in [1.165, 1.54) is 19.5 Å². The number of hydrogen-bond acceptors (Lipinski definition) is 3. The van der Waals surface area contributed by atoms with E-state index in [9.17, 15) is 0 Å². The van der Waals surface area contributed by atoms with Gasteiger partial charge in [0.2, 0.25) is 0 Å². The van der Waals surface area contributed by atoms with Crippen LogP contribution in [0.2, 0.25) is 0 Å². The first kappa shape index (κ1) is 16.9. The summed E-state index contributed by atoms with van der Waals surface area (Å²) in [4.78, 5) is 4.96. The van der Waals surface area contributed by atoms with Gasteiger partial charge in [-0.05, 0) is 52.5 Å². The van der Waals surface area contributed by atoms with Crippen LogP contribution in [-0.4, -0.2) is 54.6 Å². The number of rotatable bonds is 10. The van der Waals surface area contributed by atoms with Crippen LogP contribution in [0.3, 0.4) is 0 Å². The summed E-state index contributed by atoms with van der Waals surface area (Å²) >= 11 is 0. The first-order chi connectivity index (χ1) is 7.99. The number of nitrogens with two attached hydrogens (primary N) is 1. The second kappa shape index (κ2) is 8.90. The molecule has 0 heterocycles. The number of nitrogens with zero attached hydrogens (tertiary/aromatic N) is 2. The smallest absolute Gasteiger partial charge is 0.0252 e. The van der Waals surface area contributed by atoms with E-state index in [0.717, 1.165) is 32.6 Å². The molecule has 0 bridgehead atoms. The fourth-order valence-electron chi connectivity index (χ4n) is 2.03. The Bertz CT molecular complexity index is 176. The molecular formula is C14H33N3. The first-order valence-corrected chi connectivity index (χ1v) is 7.22. The van der Waals surface area contributed by atoms with Gasteiger partial charge in [-0.1, -0.05) is 27.7 Å². The molecule has 0 saturated heterocycles. The van der Waals surface area contributed by atoms with Gasteiger partial charge in [0.15, 0.2) is 0 Å². The highest BCUT2D eigenvalue weighted by molar-refractivity contribution is 4.80. The van der Waals surface area contributed by atoms with E-state index in [4.69, 9.17) is 5.73 Å². The maximum atomic E-state index is 6.22. The highest BCUT2D eigenvalue weighted by Gasteiger charge is 2.19. The third kappa shape index (κ3) is 7.74. The summed E-state index contributed by atoms with van der Waals surface area (Å²) in [6, 6.07) is 0. The summed E-state index contributed by atoms with van der Waals surface area (Å²) in [5.74, 6) is 0. The fraction of sp³-hybridized carbons (Fsp3) is 1.00. The van der Waals surface area contributed by atoms with Crippen molar-refractivity contribution in [2.75, 3.05) is 39.3 Å². The van der Waals surface area contributed by atoms with E-state index in [1.54, 1.807) is 0 Å². The predicted octanol–water partition coefficient (Wildman–Crippen LogP) is 2.17. The second-order valence-corrected chi connectivity index (χ2v) is 5.26. The van der Waals surface area contributed by atoms with Gasteiger partial charge < -0.3 is 15.5 Å². The van der Waals surface area contributed by atoms with Crippen LogP contribution in [0.1, 0.15) is 47.5 Å². The first-order valence-electron chi connectivity index (χ1n) is 7.22. The molecule has 0 aromatic heterocycles. The van der Waals surface area contributed by atoms with Gasteiger partial charge in [0.1, 0.15) is 0 Å². The maximum absolute atomic E-state index is 6.22. The monoisotopic (exact) mass is 243 g/mol. The van der Waals surface area contributed by atoms with E-state index < -0.39 is 0 Å². The van der Waals surface area contributed by atoms with Crippen LogP contribution in [0.5, 0.6) is 0 Å². The molecule has 17 heavy (non-hydrogen) atoms. The molecule has 3 nitrogen and oxygen atoms in total. The van der Waals surface area contributed by atoms with Gasteiger partial charge in [-0.25, -0.2) is 0 Å². The van der Waals surface area contributed by atoms with Gasteiger partial charge in [0.05, 0.1) is 0 Å². The minimum Gasteiger partial charge on any atom is -0.324 e. The molecule has 0 aromatic rings. The van der Waals surface area contributed by atoms with Crippen molar-refractivity contribution >= 4 is 0 Å². The molecule has 0 saturated carbocycles. The Hall–Kier alpha value is -0.120. The van der Waals surface area contributed by atoms with Crippen molar-refractivity contribution in [3.63, 3.8) is 0 Å². The van der Waals surface area contributed by atoms with Gasteiger partial charge in [0.25, 0.3) is 0 Å². The topological polar surface area (TPSA) is 32.5 Å². The van der Waals surface area contributed by atoms with Crippen LogP contribution in [0.25, 0.3) is 0 Å². The summed E-state index contributed by atoms with van der Waals surface area (Å²) in [7, 11) is 0. The molecule has 1 atom stereocenters. The molecule has 0 radical (unpaired) electrons. The molecule has 0 aromatic carbocycles. The SMILES string of the molecule is CCN(CC)CCCN(CC)CC(C)(N)CC. The average Bonchev–Trinajstić information content (AvgIpc) is 2.33. The van der Waals surface area contributed by atoms with E-state index in [0.29, 0.717) is 0 Å². The quantitative estimate of drug-likeness (QED) is 0.638. The zero-order chi connectivity index (χ0) is 13.3. The Kier molecular flexibility index (Phi) is 8.83. The Labute approximate surface area is 108 Å². The number of likely N-dealkylation sites (N-methyl/N-ethyl adjacent to an activating group) is 1. The molecule has 0 aliphatic heterocycles. The lowest BCUT2D eigenvalue weighted by molar-refractivity contribution is 0.204. The summed E-state index contributed by atoms with van der Waals surface area (Å²) in [5, 5.41) is 0. The summed E-state index contributed by atoms with van der Waals surface area (Å²) < 4.78 is 0. The Balaban J connectivity index is 3.90. The number of hydrogen-bond donors (Lipinski definition) is 1. The molecule has 0 spiro atoms. The van der Waals surface area contributed by atoms with E-state index in [-0.39, 0.29) is 5.54 Å². The Morgan fingerprint density at radius 2 is 1.35 bits per heavy atom. The minimum absolute atomic E-state index is 0.0365. The van der Waals surface area contributed by atoms with Crippen molar-refractivity contribution in [2.45, 2.75) is 53.0 Å². The van der Waals surface area contributed by atoms with Crippen molar-refractivity contribution in [3.8, 4) is 0 Å². The van der Waals surface area contributed by atoms with E-state index in [2.05, 4.69) is 44.4 Å². The second-order valence-electron chi connectivity index (χ2n) is 5.26. The minimum atomic E-state index is -0.0365. The van der Waals surface area contributed by atoms with Gasteiger partial charge in [-0.15, -0.1) is 0 Å². The molecule has 0 rings (SSSR count). The summed E-state index contributed by atoms with van der Waals surface area (Å²) in [6.45, 7) is 17.8. The molecule has 0 fully saturated rings.